The molecule has 0 aliphatic heterocycles. The van der Waals surface area contributed by atoms with Gasteiger partial charge >= 0.3 is 0 Å². The maximum absolute atomic E-state index is 9.47. The van der Waals surface area contributed by atoms with Crippen LogP contribution >= 0.6 is 0 Å². The Kier molecular flexibility index (Phi) is 4.97. The molecule has 0 saturated heterocycles. The molecule has 3 N–H and O–H groups in total. The number of aromatic nitrogens is 1. The maximum Gasteiger partial charge on any atom is 0.290 e. The van der Waals surface area contributed by atoms with Crippen molar-refractivity contribution in [1.29, 1.82) is 5.26 Å². The van der Waals surface area contributed by atoms with E-state index in [0.717, 1.165) is 37.1 Å². The number of anilines is 1. The summed E-state index contributed by atoms with van der Waals surface area (Å²) in [5.74, 6) is 1.36. The van der Waals surface area contributed by atoms with Gasteiger partial charge in [-0.15, -0.1) is 0 Å². The first-order valence-electron chi connectivity index (χ1n) is 7.52. The Bertz CT molecular complexity index is 517. The second-order valence-electron chi connectivity index (χ2n) is 5.88. The quantitative estimate of drug-likeness (QED) is 0.861. The molecule has 1 aromatic rings. The van der Waals surface area contributed by atoms with E-state index < -0.39 is 0 Å². The number of H-pyrrole nitrogens is 1. The van der Waals surface area contributed by atoms with Gasteiger partial charge in [0.1, 0.15) is 23.9 Å². The zero-order chi connectivity index (χ0) is 14.5. The van der Waals surface area contributed by atoms with E-state index in [1.165, 1.54) is 23.2 Å². The molecule has 0 fully saturated rings. The Hall–Kier alpha value is -1.60. The molecule has 0 amide bonds. The average molecular weight is 274 g/mol. The van der Waals surface area contributed by atoms with E-state index in [1.54, 1.807) is 0 Å². The Morgan fingerprint density at radius 2 is 2.00 bits per heavy atom. The zero-order valence-electron chi connectivity index (χ0n) is 12.4. The molecule has 1 heterocycles. The SMILES string of the molecule is CC(C)Cc1[nH+]c(NCCO)c(C#N)c2c1CCCC2. The summed E-state index contributed by atoms with van der Waals surface area (Å²) in [7, 11) is 0. The molecule has 0 unspecified atom stereocenters. The van der Waals surface area contributed by atoms with Crippen LogP contribution in [0.4, 0.5) is 5.82 Å². The molecule has 1 aromatic heterocycles. The van der Waals surface area contributed by atoms with Crippen LogP contribution in [-0.4, -0.2) is 18.3 Å². The van der Waals surface area contributed by atoms with Crippen molar-refractivity contribution >= 4 is 5.82 Å². The second kappa shape index (κ2) is 6.71. The summed E-state index contributed by atoms with van der Waals surface area (Å²) >= 11 is 0. The number of pyridine rings is 1. The molecular formula is C16H24N3O+. The van der Waals surface area contributed by atoms with Crippen LogP contribution < -0.4 is 10.3 Å². The van der Waals surface area contributed by atoms with Gasteiger partial charge < -0.3 is 5.11 Å². The zero-order valence-corrected chi connectivity index (χ0v) is 12.4. The number of nitrogens with one attached hydrogen (secondary N) is 2. The van der Waals surface area contributed by atoms with Crippen LogP contribution in [0.2, 0.25) is 0 Å². The fraction of sp³-hybridized carbons (Fsp3) is 0.625. The summed E-state index contributed by atoms with van der Waals surface area (Å²) in [6, 6.07) is 2.34. The molecule has 0 spiro atoms. The molecule has 0 radical (unpaired) electrons. The molecular weight excluding hydrogens is 250 g/mol. The summed E-state index contributed by atoms with van der Waals surface area (Å²) in [5.41, 5.74) is 4.57. The van der Waals surface area contributed by atoms with Crippen LogP contribution in [0.1, 0.15) is 49.1 Å². The molecule has 1 aliphatic carbocycles. The monoisotopic (exact) mass is 274 g/mol. The van der Waals surface area contributed by atoms with Gasteiger partial charge in [-0.05, 0) is 42.7 Å². The highest BCUT2D eigenvalue weighted by atomic mass is 16.3. The third-order valence-electron chi connectivity index (χ3n) is 3.80. The molecule has 108 valence electrons. The number of rotatable bonds is 5. The average Bonchev–Trinajstić information content (AvgIpc) is 2.44. The lowest BCUT2D eigenvalue weighted by molar-refractivity contribution is -0.375. The van der Waals surface area contributed by atoms with Gasteiger partial charge in [-0.25, -0.2) is 4.98 Å². The second-order valence-corrected chi connectivity index (χ2v) is 5.88. The lowest BCUT2D eigenvalue weighted by atomic mass is 9.86. The smallest absolute Gasteiger partial charge is 0.290 e. The van der Waals surface area contributed by atoms with Crippen molar-refractivity contribution in [3.63, 3.8) is 0 Å². The van der Waals surface area contributed by atoms with Crippen molar-refractivity contribution in [3.05, 3.63) is 22.4 Å². The molecule has 0 aromatic carbocycles. The van der Waals surface area contributed by atoms with Gasteiger partial charge in [-0.3, -0.25) is 5.32 Å². The number of aliphatic hydroxyl groups excluding tert-OH is 1. The van der Waals surface area contributed by atoms with E-state index in [9.17, 15) is 5.26 Å². The van der Waals surface area contributed by atoms with Gasteiger partial charge in [0.25, 0.3) is 5.82 Å². The molecule has 0 atom stereocenters. The number of hydrogen-bond donors (Lipinski definition) is 2. The number of hydrogen-bond acceptors (Lipinski definition) is 3. The fourth-order valence-electron chi connectivity index (χ4n) is 2.97. The summed E-state index contributed by atoms with van der Waals surface area (Å²) in [5, 5.41) is 21.6. The van der Waals surface area contributed by atoms with Crippen LogP contribution in [0.5, 0.6) is 0 Å². The van der Waals surface area contributed by atoms with Crippen LogP contribution in [0.15, 0.2) is 0 Å². The molecule has 4 heteroatoms. The molecule has 0 bridgehead atoms. The number of aliphatic hydroxyl groups is 1. The molecule has 1 aliphatic rings. The first-order chi connectivity index (χ1) is 9.67. The molecule has 2 rings (SSSR count). The highest BCUT2D eigenvalue weighted by Crippen LogP contribution is 2.29. The van der Waals surface area contributed by atoms with Crippen molar-refractivity contribution in [2.75, 3.05) is 18.5 Å². The Morgan fingerprint density at radius 1 is 1.30 bits per heavy atom. The van der Waals surface area contributed by atoms with Gasteiger partial charge in [0.05, 0.1) is 6.61 Å². The largest absolute Gasteiger partial charge is 0.392 e. The summed E-state index contributed by atoms with van der Waals surface area (Å²) in [4.78, 5) is 3.41. The van der Waals surface area contributed by atoms with Crippen LogP contribution in [-0.2, 0) is 19.3 Å². The van der Waals surface area contributed by atoms with E-state index >= 15 is 0 Å². The minimum atomic E-state index is 0.0648. The van der Waals surface area contributed by atoms with Crippen molar-refractivity contribution in [3.8, 4) is 6.07 Å². The lowest BCUT2D eigenvalue weighted by Crippen LogP contribution is -2.27. The number of aromatic amines is 1. The number of nitrogens with zero attached hydrogens (tertiary/aromatic N) is 1. The third kappa shape index (κ3) is 3.10. The first kappa shape index (κ1) is 14.8. The van der Waals surface area contributed by atoms with E-state index in [-0.39, 0.29) is 6.61 Å². The van der Waals surface area contributed by atoms with Crippen molar-refractivity contribution < 1.29 is 10.1 Å². The Labute approximate surface area is 120 Å². The number of nitriles is 1. The fourth-order valence-corrected chi connectivity index (χ4v) is 2.97. The van der Waals surface area contributed by atoms with Crippen molar-refractivity contribution in [2.24, 2.45) is 5.92 Å². The lowest BCUT2D eigenvalue weighted by Gasteiger charge is -2.20. The Balaban J connectivity index is 2.49. The molecule has 20 heavy (non-hydrogen) atoms. The maximum atomic E-state index is 9.47. The number of fused-ring (bicyclic) bond motifs is 1. The highest BCUT2D eigenvalue weighted by molar-refractivity contribution is 5.56. The van der Waals surface area contributed by atoms with Crippen LogP contribution in [0.3, 0.4) is 0 Å². The minimum absolute atomic E-state index is 0.0648. The van der Waals surface area contributed by atoms with Crippen LogP contribution in [0, 0.1) is 17.2 Å². The van der Waals surface area contributed by atoms with Crippen LogP contribution in [0.25, 0.3) is 0 Å². The standard InChI is InChI=1S/C16H23N3O/c1-11(2)9-15-13-6-4-3-5-12(13)14(10-17)16(19-15)18-7-8-20/h11,20H,3-9H2,1-2H3,(H,18,19)/p+1. The van der Waals surface area contributed by atoms with Gasteiger partial charge in [0.15, 0.2) is 0 Å². The highest BCUT2D eigenvalue weighted by Gasteiger charge is 2.25. The van der Waals surface area contributed by atoms with Gasteiger partial charge in [0.2, 0.25) is 0 Å². The summed E-state index contributed by atoms with van der Waals surface area (Å²) < 4.78 is 0. The summed E-state index contributed by atoms with van der Waals surface area (Å²) in [6.45, 7) is 4.95. The minimum Gasteiger partial charge on any atom is -0.392 e. The van der Waals surface area contributed by atoms with E-state index in [4.69, 9.17) is 5.11 Å². The van der Waals surface area contributed by atoms with Gasteiger partial charge in [0, 0.05) is 6.42 Å². The van der Waals surface area contributed by atoms with E-state index in [0.29, 0.717) is 12.5 Å². The Morgan fingerprint density at radius 3 is 2.60 bits per heavy atom. The third-order valence-corrected chi connectivity index (χ3v) is 3.80. The topological polar surface area (TPSA) is 70.2 Å². The first-order valence-corrected chi connectivity index (χ1v) is 7.52. The summed E-state index contributed by atoms with van der Waals surface area (Å²) in [6.07, 6.45) is 5.43. The van der Waals surface area contributed by atoms with E-state index in [2.05, 4.69) is 30.2 Å². The van der Waals surface area contributed by atoms with E-state index in [1.807, 2.05) is 0 Å². The van der Waals surface area contributed by atoms with Crippen molar-refractivity contribution in [1.82, 2.24) is 0 Å². The van der Waals surface area contributed by atoms with Crippen molar-refractivity contribution in [2.45, 2.75) is 46.0 Å². The van der Waals surface area contributed by atoms with Gasteiger partial charge in [-0.2, -0.15) is 5.26 Å². The molecule has 4 nitrogen and oxygen atoms in total. The molecule has 0 saturated carbocycles. The predicted molar refractivity (Wildman–Crippen MR) is 78.5 cm³/mol. The predicted octanol–water partition coefficient (Wildman–Crippen LogP) is 1.85. The normalized spacial score (nSPS) is 13.9. The van der Waals surface area contributed by atoms with Gasteiger partial charge in [-0.1, -0.05) is 13.8 Å².